The number of rotatable bonds is 5. The SMILES string of the molecule is COC(=O)[C@H]1CS[C@@H](C(=O)O)N1C(=O)C(C)CSC(C)=O. The highest BCUT2D eigenvalue weighted by Crippen LogP contribution is 2.31. The lowest BCUT2D eigenvalue weighted by atomic mass is 10.1. The Hall–Kier alpha value is -1.22. The summed E-state index contributed by atoms with van der Waals surface area (Å²) in [5, 5.41) is 7.95. The molecule has 7 nitrogen and oxygen atoms in total. The molecule has 9 heteroatoms. The number of amides is 1. The molecule has 1 N–H and O–H groups in total. The molecule has 0 spiro atoms. The summed E-state index contributed by atoms with van der Waals surface area (Å²) in [6.45, 7) is 3.00. The number of ether oxygens (including phenoxy) is 1. The molecular weight excluding hydrogens is 318 g/mol. The first kappa shape index (κ1) is 17.8. The first-order valence-corrected chi connectivity index (χ1v) is 8.20. The second-order valence-electron chi connectivity index (χ2n) is 4.51. The zero-order valence-corrected chi connectivity index (χ0v) is 13.5. The Morgan fingerprint density at radius 2 is 2.05 bits per heavy atom. The van der Waals surface area contributed by atoms with E-state index in [0.29, 0.717) is 0 Å². The molecule has 1 rings (SSSR count). The van der Waals surface area contributed by atoms with Crippen LogP contribution >= 0.6 is 23.5 Å². The van der Waals surface area contributed by atoms with Gasteiger partial charge >= 0.3 is 11.9 Å². The second-order valence-corrected chi connectivity index (χ2v) is 6.82. The monoisotopic (exact) mass is 335 g/mol. The van der Waals surface area contributed by atoms with Crippen molar-refractivity contribution < 1.29 is 29.0 Å². The van der Waals surface area contributed by atoms with Gasteiger partial charge in [0.05, 0.1) is 7.11 Å². The standard InChI is InChI=1S/C12H17NO6S2/c1-6(4-20-7(2)14)9(15)13-8(12(18)19-3)5-21-10(13)11(16)17/h6,8,10H,4-5H2,1-3H3,(H,16,17)/t6?,8-,10+/m1/s1. The number of carbonyl (C=O) groups is 4. The molecule has 118 valence electrons. The van der Waals surface area contributed by atoms with Gasteiger partial charge in [-0.05, 0) is 0 Å². The molecule has 0 radical (unpaired) electrons. The van der Waals surface area contributed by atoms with Crippen molar-refractivity contribution in [3.05, 3.63) is 0 Å². The first-order chi connectivity index (χ1) is 9.79. The average Bonchev–Trinajstić information content (AvgIpc) is 2.87. The van der Waals surface area contributed by atoms with Crippen molar-refractivity contribution in [1.82, 2.24) is 4.90 Å². The average molecular weight is 335 g/mol. The van der Waals surface area contributed by atoms with Gasteiger partial charge in [0.1, 0.15) is 6.04 Å². The van der Waals surface area contributed by atoms with E-state index in [-0.39, 0.29) is 16.6 Å². The number of thioether (sulfide) groups is 2. The second kappa shape index (κ2) is 7.69. The molecule has 0 saturated carbocycles. The van der Waals surface area contributed by atoms with Crippen LogP contribution in [0.3, 0.4) is 0 Å². The maximum Gasteiger partial charge on any atom is 0.337 e. The van der Waals surface area contributed by atoms with E-state index in [2.05, 4.69) is 4.74 Å². The summed E-state index contributed by atoms with van der Waals surface area (Å²) < 4.78 is 4.62. The molecule has 1 amide bonds. The molecule has 3 atom stereocenters. The number of carbonyl (C=O) groups excluding carboxylic acids is 3. The molecule has 1 unspecified atom stereocenters. The lowest BCUT2D eigenvalue weighted by Crippen LogP contribution is -2.50. The van der Waals surface area contributed by atoms with E-state index in [1.54, 1.807) is 6.92 Å². The van der Waals surface area contributed by atoms with Gasteiger partial charge in [-0.1, -0.05) is 18.7 Å². The summed E-state index contributed by atoms with van der Waals surface area (Å²) >= 11 is 2.01. The van der Waals surface area contributed by atoms with Gasteiger partial charge in [0.15, 0.2) is 10.5 Å². The molecule has 21 heavy (non-hydrogen) atoms. The molecule has 1 saturated heterocycles. The van der Waals surface area contributed by atoms with Crippen molar-refractivity contribution >= 4 is 46.5 Å². The molecule has 1 aliphatic heterocycles. The minimum Gasteiger partial charge on any atom is -0.479 e. The Labute approximate surface area is 130 Å². The molecule has 0 bridgehead atoms. The Morgan fingerprint density at radius 3 is 2.52 bits per heavy atom. The van der Waals surface area contributed by atoms with E-state index in [4.69, 9.17) is 0 Å². The summed E-state index contributed by atoms with van der Waals surface area (Å²) in [6, 6.07) is -0.904. The van der Waals surface area contributed by atoms with Gasteiger partial charge in [-0.15, -0.1) is 11.8 Å². The van der Waals surface area contributed by atoms with Crippen molar-refractivity contribution in [1.29, 1.82) is 0 Å². The van der Waals surface area contributed by atoms with Gasteiger partial charge in [-0.2, -0.15) is 0 Å². The third kappa shape index (κ3) is 4.37. The van der Waals surface area contributed by atoms with Crippen LogP contribution in [0.2, 0.25) is 0 Å². The van der Waals surface area contributed by atoms with Crippen LogP contribution in [0, 0.1) is 5.92 Å². The Balaban J connectivity index is 2.89. The predicted octanol–water partition coefficient (Wildman–Crippen LogP) is 0.430. The number of aliphatic carboxylic acids is 1. The number of nitrogens with zero attached hydrogens (tertiary/aromatic N) is 1. The Kier molecular flexibility index (Phi) is 6.53. The lowest BCUT2D eigenvalue weighted by Gasteiger charge is -2.28. The minimum absolute atomic E-state index is 0.121. The van der Waals surface area contributed by atoms with Crippen LogP contribution in [0.1, 0.15) is 13.8 Å². The number of carboxylic acid groups (broad SMARTS) is 1. The van der Waals surface area contributed by atoms with Crippen LogP contribution in [-0.4, -0.2) is 63.0 Å². The minimum atomic E-state index is -1.17. The van der Waals surface area contributed by atoms with E-state index >= 15 is 0 Å². The van der Waals surface area contributed by atoms with Gasteiger partial charge < -0.3 is 14.7 Å². The number of hydrogen-bond donors (Lipinski definition) is 1. The van der Waals surface area contributed by atoms with Gasteiger partial charge in [0.25, 0.3) is 0 Å². The van der Waals surface area contributed by atoms with Crippen LogP contribution in [0.5, 0.6) is 0 Å². The fraction of sp³-hybridized carbons (Fsp3) is 0.667. The molecule has 0 aromatic rings. The van der Waals surface area contributed by atoms with E-state index in [9.17, 15) is 24.3 Å². The van der Waals surface area contributed by atoms with Gasteiger partial charge in [0, 0.05) is 24.3 Å². The van der Waals surface area contributed by atoms with Crippen molar-refractivity contribution in [2.45, 2.75) is 25.3 Å². The number of carboxylic acids is 1. The molecule has 1 fully saturated rings. The number of hydrogen-bond acceptors (Lipinski definition) is 7. The van der Waals surface area contributed by atoms with Crippen LogP contribution in [0.15, 0.2) is 0 Å². The summed E-state index contributed by atoms with van der Waals surface area (Å²) in [6.07, 6.45) is 0. The van der Waals surface area contributed by atoms with Gasteiger partial charge in [-0.3, -0.25) is 9.59 Å². The molecule has 0 aliphatic carbocycles. The lowest BCUT2D eigenvalue weighted by molar-refractivity contribution is -0.156. The molecule has 1 heterocycles. The van der Waals surface area contributed by atoms with E-state index < -0.39 is 35.2 Å². The first-order valence-electron chi connectivity index (χ1n) is 6.17. The number of methoxy groups -OCH3 is 1. The van der Waals surface area contributed by atoms with E-state index in [1.807, 2.05) is 0 Å². The maximum atomic E-state index is 12.4. The summed E-state index contributed by atoms with van der Waals surface area (Å²) in [5.41, 5.74) is 0. The largest absolute Gasteiger partial charge is 0.479 e. The predicted molar refractivity (Wildman–Crippen MR) is 78.8 cm³/mol. The van der Waals surface area contributed by atoms with Crippen LogP contribution in [-0.2, 0) is 23.9 Å². The third-order valence-corrected chi connectivity index (χ3v) is 5.22. The molecule has 0 aromatic carbocycles. The van der Waals surface area contributed by atoms with E-state index in [0.717, 1.165) is 28.4 Å². The van der Waals surface area contributed by atoms with Crippen LogP contribution in [0.25, 0.3) is 0 Å². The summed E-state index contributed by atoms with van der Waals surface area (Å²) in [5.74, 6) is -2.40. The smallest absolute Gasteiger partial charge is 0.337 e. The maximum absolute atomic E-state index is 12.4. The summed E-state index contributed by atoms with van der Waals surface area (Å²) in [4.78, 5) is 47.4. The fourth-order valence-corrected chi connectivity index (χ4v) is 3.69. The van der Waals surface area contributed by atoms with Crippen molar-refractivity contribution in [3.8, 4) is 0 Å². The topological polar surface area (TPSA) is 101 Å². The zero-order valence-electron chi connectivity index (χ0n) is 11.9. The summed E-state index contributed by atoms with van der Waals surface area (Å²) in [7, 11) is 1.19. The molecule has 0 aromatic heterocycles. The van der Waals surface area contributed by atoms with Crippen LogP contribution in [0.4, 0.5) is 0 Å². The van der Waals surface area contributed by atoms with Gasteiger partial charge in [0.2, 0.25) is 5.91 Å². The zero-order chi connectivity index (χ0) is 16.2. The van der Waals surface area contributed by atoms with E-state index in [1.165, 1.54) is 14.0 Å². The molecular formula is C12H17NO6S2. The van der Waals surface area contributed by atoms with Crippen molar-refractivity contribution in [2.75, 3.05) is 18.6 Å². The van der Waals surface area contributed by atoms with Crippen LogP contribution < -0.4 is 0 Å². The molecule has 1 aliphatic rings. The Morgan fingerprint density at radius 1 is 1.43 bits per heavy atom. The number of esters is 1. The highest BCUT2D eigenvalue weighted by molar-refractivity contribution is 8.13. The van der Waals surface area contributed by atoms with Crippen molar-refractivity contribution in [3.63, 3.8) is 0 Å². The highest BCUT2D eigenvalue weighted by Gasteiger charge is 2.46. The fourth-order valence-electron chi connectivity index (χ4n) is 1.85. The normalized spacial score (nSPS) is 22.7. The quantitative estimate of drug-likeness (QED) is 0.722. The third-order valence-electron chi connectivity index (χ3n) is 2.90. The Bertz CT molecular complexity index is 455. The van der Waals surface area contributed by atoms with Gasteiger partial charge in [-0.25, -0.2) is 9.59 Å². The highest BCUT2D eigenvalue weighted by atomic mass is 32.2. The van der Waals surface area contributed by atoms with Crippen molar-refractivity contribution in [2.24, 2.45) is 5.92 Å².